The van der Waals surface area contributed by atoms with E-state index in [9.17, 15) is 4.79 Å². The average molecular weight is 386 g/mol. The number of benzene rings is 1. The van der Waals surface area contributed by atoms with Crippen LogP contribution in [0.25, 0.3) is 10.7 Å². The van der Waals surface area contributed by atoms with E-state index in [0.717, 1.165) is 24.3 Å². The van der Waals surface area contributed by atoms with Gasteiger partial charge in [0.05, 0.1) is 17.6 Å². The van der Waals surface area contributed by atoms with Gasteiger partial charge in [0.15, 0.2) is 0 Å². The number of carbonyl (C=O) groups excluding carboxylic acids is 1. The van der Waals surface area contributed by atoms with E-state index in [2.05, 4.69) is 19.9 Å². The Bertz CT molecular complexity index is 946. The van der Waals surface area contributed by atoms with Crippen molar-refractivity contribution in [1.82, 2.24) is 15.0 Å². The molecule has 0 unspecified atom stereocenters. The third kappa shape index (κ3) is 3.15. The standard InChI is InChI=1S/C18H16ClN5OS/c1-23-7-2-8-24(16-9-12(19)3-4-15(16)23)18(25)14-11-26-17(22-14)13-10-20-5-6-21-13/h3-6,9-11H,2,7-8H2,1H3. The fourth-order valence-electron chi connectivity index (χ4n) is 2.99. The summed E-state index contributed by atoms with van der Waals surface area (Å²) in [6.07, 6.45) is 5.73. The van der Waals surface area contributed by atoms with Gasteiger partial charge in [-0.2, -0.15) is 0 Å². The molecular weight excluding hydrogens is 370 g/mol. The van der Waals surface area contributed by atoms with Crippen molar-refractivity contribution in [2.45, 2.75) is 6.42 Å². The van der Waals surface area contributed by atoms with E-state index in [1.165, 1.54) is 11.3 Å². The third-order valence-electron chi connectivity index (χ3n) is 4.27. The Kier molecular flexibility index (Phi) is 4.57. The van der Waals surface area contributed by atoms with E-state index >= 15 is 0 Å². The Morgan fingerprint density at radius 3 is 2.92 bits per heavy atom. The van der Waals surface area contributed by atoms with Gasteiger partial charge in [-0.1, -0.05) is 11.6 Å². The van der Waals surface area contributed by atoms with Gasteiger partial charge in [-0.05, 0) is 24.6 Å². The molecule has 0 fully saturated rings. The van der Waals surface area contributed by atoms with Gasteiger partial charge >= 0.3 is 0 Å². The lowest BCUT2D eigenvalue weighted by Gasteiger charge is -2.24. The molecule has 0 atom stereocenters. The fraction of sp³-hybridized carbons (Fsp3) is 0.222. The third-order valence-corrected chi connectivity index (χ3v) is 5.37. The van der Waals surface area contributed by atoms with Crippen molar-refractivity contribution >= 4 is 40.2 Å². The number of fused-ring (bicyclic) bond motifs is 1. The van der Waals surface area contributed by atoms with E-state index in [1.807, 2.05) is 25.2 Å². The molecule has 1 aromatic carbocycles. The summed E-state index contributed by atoms with van der Waals surface area (Å²) in [6, 6.07) is 5.64. The predicted molar refractivity (Wildman–Crippen MR) is 104 cm³/mol. The summed E-state index contributed by atoms with van der Waals surface area (Å²) in [4.78, 5) is 29.8. The molecule has 2 aromatic heterocycles. The molecule has 1 aliphatic heterocycles. The molecule has 4 rings (SSSR count). The second-order valence-electron chi connectivity index (χ2n) is 5.99. The second kappa shape index (κ2) is 7.01. The first-order valence-corrected chi connectivity index (χ1v) is 9.44. The number of rotatable bonds is 2. The van der Waals surface area contributed by atoms with Crippen molar-refractivity contribution < 1.29 is 4.79 Å². The van der Waals surface area contributed by atoms with Gasteiger partial charge in [0.2, 0.25) is 0 Å². The highest BCUT2D eigenvalue weighted by Gasteiger charge is 2.26. The summed E-state index contributed by atoms with van der Waals surface area (Å²) >= 11 is 7.58. The van der Waals surface area contributed by atoms with Crippen LogP contribution in [0.15, 0.2) is 42.2 Å². The van der Waals surface area contributed by atoms with Crippen molar-refractivity contribution in [3.05, 3.63) is 52.9 Å². The zero-order valence-electron chi connectivity index (χ0n) is 14.1. The van der Waals surface area contributed by atoms with Crippen LogP contribution in [0, 0.1) is 0 Å². The lowest BCUT2D eigenvalue weighted by Crippen LogP contribution is -2.31. The highest BCUT2D eigenvalue weighted by Crippen LogP contribution is 2.35. The number of amides is 1. The maximum Gasteiger partial charge on any atom is 0.277 e. The SMILES string of the molecule is CN1CCCN(C(=O)c2csc(-c3cnccn3)n2)c2cc(Cl)ccc21. The molecule has 3 heterocycles. The lowest BCUT2D eigenvalue weighted by atomic mass is 10.2. The Labute approximate surface area is 160 Å². The summed E-state index contributed by atoms with van der Waals surface area (Å²) in [5, 5.41) is 3.06. The van der Waals surface area contributed by atoms with Gasteiger partial charge in [0.25, 0.3) is 5.91 Å². The van der Waals surface area contributed by atoms with Gasteiger partial charge < -0.3 is 9.80 Å². The van der Waals surface area contributed by atoms with Crippen LogP contribution in [0.4, 0.5) is 11.4 Å². The van der Waals surface area contributed by atoms with E-state index in [0.29, 0.717) is 28.0 Å². The van der Waals surface area contributed by atoms with Crippen LogP contribution in [0.3, 0.4) is 0 Å². The molecule has 8 heteroatoms. The summed E-state index contributed by atoms with van der Waals surface area (Å²) < 4.78 is 0. The Hall–Kier alpha value is -2.51. The number of nitrogens with zero attached hydrogens (tertiary/aromatic N) is 5. The van der Waals surface area contributed by atoms with Gasteiger partial charge in [0, 0.05) is 42.9 Å². The monoisotopic (exact) mass is 385 g/mol. The molecule has 0 radical (unpaired) electrons. The topological polar surface area (TPSA) is 62.2 Å². The number of halogens is 1. The molecule has 6 nitrogen and oxygen atoms in total. The van der Waals surface area contributed by atoms with Crippen LogP contribution in [-0.4, -0.2) is 41.0 Å². The van der Waals surface area contributed by atoms with Crippen molar-refractivity contribution in [1.29, 1.82) is 0 Å². The van der Waals surface area contributed by atoms with Crippen LogP contribution < -0.4 is 9.80 Å². The van der Waals surface area contributed by atoms with E-state index in [4.69, 9.17) is 11.6 Å². The number of thiazole rings is 1. The number of hydrogen-bond acceptors (Lipinski definition) is 6. The fourth-order valence-corrected chi connectivity index (χ4v) is 3.91. The molecule has 1 aliphatic rings. The highest BCUT2D eigenvalue weighted by atomic mass is 35.5. The molecule has 0 spiro atoms. The first-order chi connectivity index (χ1) is 12.6. The first-order valence-electron chi connectivity index (χ1n) is 8.18. The van der Waals surface area contributed by atoms with Crippen molar-refractivity contribution in [3.8, 4) is 10.7 Å². The Balaban J connectivity index is 1.69. The van der Waals surface area contributed by atoms with Gasteiger partial charge in [-0.3, -0.25) is 14.8 Å². The maximum atomic E-state index is 13.2. The molecular formula is C18H16ClN5OS. The van der Waals surface area contributed by atoms with Crippen LogP contribution in [0.1, 0.15) is 16.9 Å². The molecule has 0 bridgehead atoms. The second-order valence-corrected chi connectivity index (χ2v) is 7.29. The minimum Gasteiger partial charge on any atom is -0.373 e. The predicted octanol–water partition coefficient (Wildman–Crippen LogP) is 3.74. The minimum atomic E-state index is -0.129. The van der Waals surface area contributed by atoms with Gasteiger partial charge in [-0.15, -0.1) is 11.3 Å². The quantitative estimate of drug-likeness (QED) is 0.672. The van der Waals surface area contributed by atoms with E-state index in [1.54, 1.807) is 28.9 Å². The summed E-state index contributed by atoms with van der Waals surface area (Å²) in [6.45, 7) is 1.49. The molecule has 26 heavy (non-hydrogen) atoms. The first kappa shape index (κ1) is 16.9. The molecule has 3 aromatic rings. The number of carbonyl (C=O) groups is 1. The lowest BCUT2D eigenvalue weighted by molar-refractivity contribution is 0.0983. The van der Waals surface area contributed by atoms with Crippen LogP contribution in [0.5, 0.6) is 0 Å². The van der Waals surface area contributed by atoms with Crippen LogP contribution in [-0.2, 0) is 0 Å². The number of anilines is 2. The molecule has 0 saturated carbocycles. The molecule has 0 saturated heterocycles. The highest BCUT2D eigenvalue weighted by molar-refractivity contribution is 7.13. The zero-order chi connectivity index (χ0) is 18.1. The minimum absolute atomic E-state index is 0.129. The van der Waals surface area contributed by atoms with Crippen molar-refractivity contribution in [2.75, 3.05) is 29.9 Å². The molecule has 0 N–H and O–H groups in total. The van der Waals surface area contributed by atoms with Gasteiger partial charge in [-0.25, -0.2) is 4.98 Å². The molecule has 0 aliphatic carbocycles. The summed E-state index contributed by atoms with van der Waals surface area (Å²) in [5.41, 5.74) is 2.88. The number of hydrogen-bond donors (Lipinski definition) is 0. The maximum absolute atomic E-state index is 13.2. The average Bonchev–Trinajstić information content (AvgIpc) is 3.09. The molecule has 1 amide bonds. The largest absolute Gasteiger partial charge is 0.373 e. The summed E-state index contributed by atoms with van der Waals surface area (Å²) in [5.74, 6) is -0.129. The number of aromatic nitrogens is 3. The normalized spacial score (nSPS) is 14.1. The van der Waals surface area contributed by atoms with Crippen molar-refractivity contribution in [2.24, 2.45) is 0 Å². The smallest absolute Gasteiger partial charge is 0.277 e. The van der Waals surface area contributed by atoms with E-state index < -0.39 is 0 Å². The zero-order valence-corrected chi connectivity index (χ0v) is 15.7. The van der Waals surface area contributed by atoms with E-state index in [-0.39, 0.29) is 5.91 Å². The van der Waals surface area contributed by atoms with Crippen LogP contribution in [0.2, 0.25) is 5.02 Å². The summed E-state index contributed by atoms with van der Waals surface area (Å²) in [7, 11) is 2.02. The molecule has 132 valence electrons. The van der Waals surface area contributed by atoms with Gasteiger partial charge in [0.1, 0.15) is 16.4 Å². The van der Waals surface area contributed by atoms with Crippen LogP contribution >= 0.6 is 22.9 Å². The Morgan fingerprint density at radius 2 is 2.12 bits per heavy atom. The van der Waals surface area contributed by atoms with Crippen molar-refractivity contribution in [3.63, 3.8) is 0 Å². The Morgan fingerprint density at radius 1 is 1.23 bits per heavy atom.